The Kier molecular flexibility index (Phi) is 4.92. The Morgan fingerprint density at radius 3 is 2.78 bits per heavy atom. The van der Waals surface area contributed by atoms with E-state index in [0.717, 1.165) is 19.5 Å². The predicted octanol–water partition coefficient (Wildman–Crippen LogP) is 1.50. The molecule has 6 heteroatoms. The second kappa shape index (κ2) is 6.07. The van der Waals surface area contributed by atoms with Gasteiger partial charge in [-0.05, 0) is 32.7 Å². The zero-order valence-corrected chi connectivity index (χ0v) is 12.6. The minimum absolute atomic E-state index is 0.0969. The van der Waals surface area contributed by atoms with E-state index < -0.39 is 10.0 Å². The predicted molar refractivity (Wildman–Crippen MR) is 74.5 cm³/mol. The zero-order valence-electron chi connectivity index (χ0n) is 11.0. The van der Waals surface area contributed by atoms with Crippen LogP contribution >= 0.6 is 11.6 Å². The summed E-state index contributed by atoms with van der Waals surface area (Å²) in [6.07, 6.45) is 4.16. The summed E-state index contributed by atoms with van der Waals surface area (Å²) >= 11 is 5.60. The number of piperidine rings is 1. The molecule has 0 amide bonds. The molecule has 2 saturated heterocycles. The molecule has 4 nitrogen and oxygen atoms in total. The molecule has 0 aromatic carbocycles. The lowest BCUT2D eigenvalue weighted by Gasteiger charge is -2.46. The van der Waals surface area contributed by atoms with Crippen LogP contribution in [-0.4, -0.2) is 61.0 Å². The van der Waals surface area contributed by atoms with Gasteiger partial charge >= 0.3 is 0 Å². The third kappa shape index (κ3) is 3.18. The van der Waals surface area contributed by atoms with E-state index in [-0.39, 0.29) is 11.8 Å². The molecule has 2 atom stereocenters. The van der Waals surface area contributed by atoms with Crippen LogP contribution in [-0.2, 0) is 10.0 Å². The number of hydrogen-bond acceptors (Lipinski definition) is 3. The Morgan fingerprint density at radius 1 is 1.28 bits per heavy atom. The van der Waals surface area contributed by atoms with Gasteiger partial charge in [0.05, 0.1) is 5.75 Å². The summed E-state index contributed by atoms with van der Waals surface area (Å²) in [5.41, 5.74) is 0. The van der Waals surface area contributed by atoms with Crippen LogP contribution in [0, 0.1) is 0 Å². The molecular formula is C12H23ClN2O2S. The van der Waals surface area contributed by atoms with Crippen LogP contribution in [0.25, 0.3) is 0 Å². The number of alkyl halides is 1. The monoisotopic (exact) mass is 294 g/mol. The van der Waals surface area contributed by atoms with Gasteiger partial charge in [-0.15, -0.1) is 11.6 Å². The Morgan fingerprint density at radius 2 is 2.06 bits per heavy atom. The van der Waals surface area contributed by atoms with E-state index >= 15 is 0 Å². The van der Waals surface area contributed by atoms with Crippen LogP contribution in [0.15, 0.2) is 0 Å². The quantitative estimate of drug-likeness (QED) is 0.738. The molecular weight excluding hydrogens is 272 g/mol. The molecule has 2 heterocycles. The van der Waals surface area contributed by atoms with Gasteiger partial charge in [0, 0.05) is 31.1 Å². The van der Waals surface area contributed by atoms with Crippen molar-refractivity contribution in [1.29, 1.82) is 0 Å². The number of nitrogens with zero attached hydrogens (tertiary/aromatic N) is 2. The molecule has 2 aliphatic rings. The normalized spacial score (nSPS) is 31.2. The fourth-order valence-electron chi connectivity index (χ4n) is 3.07. The van der Waals surface area contributed by atoms with Gasteiger partial charge in [0.15, 0.2) is 0 Å². The van der Waals surface area contributed by atoms with Crippen molar-refractivity contribution in [3.05, 3.63) is 0 Å². The zero-order chi connectivity index (χ0) is 13.2. The van der Waals surface area contributed by atoms with E-state index in [1.165, 1.54) is 12.8 Å². The Balaban J connectivity index is 2.04. The van der Waals surface area contributed by atoms with Gasteiger partial charge in [-0.25, -0.2) is 8.42 Å². The van der Waals surface area contributed by atoms with E-state index in [2.05, 4.69) is 4.90 Å². The van der Waals surface area contributed by atoms with Crippen LogP contribution in [0.4, 0.5) is 0 Å². The molecule has 0 aromatic rings. The van der Waals surface area contributed by atoms with Gasteiger partial charge in [0.2, 0.25) is 10.0 Å². The number of sulfonamides is 1. The highest BCUT2D eigenvalue weighted by Crippen LogP contribution is 2.26. The van der Waals surface area contributed by atoms with Crippen molar-refractivity contribution in [2.45, 2.75) is 44.7 Å². The second-order valence-corrected chi connectivity index (χ2v) is 7.84. The Labute approximate surface area is 115 Å². The molecule has 0 bridgehead atoms. The highest BCUT2D eigenvalue weighted by molar-refractivity contribution is 7.89. The number of rotatable bonds is 4. The maximum absolute atomic E-state index is 12.3. The summed E-state index contributed by atoms with van der Waals surface area (Å²) in [6.45, 7) is 4.70. The molecule has 0 saturated carbocycles. The maximum atomic E-state index is 12.3. The largest absolute Gasteiger partial charge is 0.297 e. The molecule has 2 rings (SSSR count). The smallest absolute Gasteiger partial charge is 0.214 e. The number of piperazine rings is 1. The lowest BCUT2D eigenvalue weighted by Crippen LogP contribution is -2.60. The Hall–Kier alpha value is 0.160. The van der Waals surface area contributed by atoms with Crippen molar-refractivity contribution in [2.24, 2.45) is 0 Å². The first-order valence-corrected chi connectivity index (χ1v) is 8.98. The van der Waals surface area contributed by atoms with E-state index in [4.69, 9.17) is 11.6 Å². The van der Waals surface area contributed by atoms with Gasteiger partial charge in [-0.3, -0.25) is 4.90 Å². The SMILES string of the molecule is CC1CN2CCCCC2CN1S(=O)(=O)CCCCl. The van der Waals surface area contributed by atoms with Crippen molar-refractivity contribution in [1.82, 2.24) is 9.21 Å². The molecule has 2 aliphatic heterocycles. The summed E-state index contributed by atoms with van der Waals surface area (Å²) in [4.78, 5) is 2.46. The molecule has 0 spiro atoms. The summed E-state index contributed by atoms with van der Waals surface area (Å²) in [5.74, 6) is 0.602. The second-order valence-electron chi connectivity index (χ2n) is 5.42. The van der Waals surface area contributed by atoms with Crippen molar-refractivity contribution in [2.75, 3.05) is 31.3 Å². The van der Waals surface area contributed by atoms with Crippen molar-refractivity contribution in [3.63, 3.8) is 0 Å². The minimum Gasteiger partial charge on any atom is -0.297 e. The molecule has 106 valence electrons. The molecule has 2 fully saturated rings. The maximum Gasteiger partial charge on any atom is 0.214 e. The van der Waals surface area contributed by atoms with Gasteiger partial charge in [-0.2, -0.15) is 4.31 Å². The highest BCUT2D eigenvalue weighted by atomic mass is 35.5. The summed E-state index contributed by atoms with van der Waals surface area (Å²) in [5, 5.41) is 0. The molecule has 0 aliphatic carbocycles. The number of fused-ring (bicyclic) bond motifs is 1. The molecule has 18 heavy (non-hydrogen) atoms. The van der Waals surface area contributed by atoms with Crippen molar-refractivity contribution in [3.8, 4) is 0 Å². The highest BCUT2D eigenvalue weighted by Gasteiger charge is 2.38. The summed E-state index contributed by atoms with van der Waals surface area (Å²) in [7, 11) is -3.12. The third-order valence-electron chi connectivity index (χ3n) is 4.02. The van der Waals surface area contributed by atoms with Gasteiger partial charge in [0.1, 0.15) is 0 Å². The van der Waals surface area contributed by atoms with E-state index in [1.54, 1.807) is 4.31 Å². The average Bonchev–Trinajstić information content (AvgIpc) is 2.35. The van der Waals surface area contributed by atoms with Crippen LogP contribution in [0.2, 0.25) is 0 Å². The van der Waals surface area contributed by atoms with Gasteiger partial charge in [0.25, 0.3) is 0 Å². The number of hydrogen-bond donors (Lipinski definition) is 0. The van der Waals surface area contributed by atoms with E-state index in [9.17, 15) is 8.42 Å². The standard InChI is InChI=1S/C12H23ClN2O2S/c1-11-9-14-7-3-2-5-12(14)10-15(11)18(16,17)8-4-6-13/h11-12H,2-10H2,1H3. The van der Waals surface area contributed by atoms with Gasteiger partial charge in [-0.1, -0.05) is 6.42 Å². The van der Waals surface area contributed by atoms with E-state index in [1.807, 2.05) is 6.92 Å². The van der Waals surface area contributed by atoms with Crippen molar-refractivity contribution < 1.29 is 8.42 Å². The summed E-state index contributed by atoms with van der Waals surface area (Å²) < 4.78 is 26.3. The average molecular weight is 295 g/mol. The van der Waals surface area contributed by atoms with Crippen LogP contribution in [0.3, 0.4) is 0 Å². The number of halogens is 1. The first-order valence-electron chi connectivity index (χ1n) is 6.84. The topological polar surface area (TPSA) is 40.6 Å². The molecule has 0 aromatic heterocycles. The Bertz CT molecular complexity index is 374. The summed E-state index contributed by atoms with van der Waals surface area (Å²) in [6, 6.07) is 0.528. The van der Waals surface area contributed by atoms with Crippen molar-refractivity contribution >= 4 is 21.6 Å². The van der Waals surface area contributed by atoms with Gasteiger partial charge < -0.3 is 0 Å². The molecule has 0 N–H and O–H groups in total. The molecule has 2 unspecified atom stereocenters. The lowest BCUT2D eigenvalue weighted by atomic mass is 9.99. The van der Waals surface area contributed by atoms with Crippen LogP contribution in [0.5, 0.6) is 0 Å². The van der Waals surface area contributed by atoms with Crippen LogP contribution < -0.4 is 0 Å². The first-order chi connectivity index (χ1) is 8.54. The minimum atomic E-state index is -3.12. The van der Waals surface area contributed by atoms with Crippen LogP contribution in [0.1, 0.15) is 32.6 Å². The first kappa shape index (κ1) is 14.6. The molecule has 0 radical (unpaired) electrons. The van der Waals surface area contributed by atoms with E-state index in [0.29, 0.717) is 24.9 Å². The fourth-order valence-corrected chi connectivity index (χ4v) is 5.12. The fraction of sp³-hybridized carbons (Fsp3) is 1.00. The third-order valence-corrected chi connectivity index (χ3v) is 6.32. The lowest BCUT2D eigenvalue weighted by molar-refractivity contribution is 0.0564.